The van der Waals surface area contributed by atoms with E-state index in [0.717, 1.165) is 11.1 Å². The number of ether oxygens (including phenoxy) is 1. The second-order valence-electron chi connectivity index (χ2n) is 8.52. The van der Waals surface area contributed by atoms with Crippen molar-refractivity contribution < 1.29 is 19.1 Å². The molecule has 188 valence electrons. The Morgan fingerprint density at radius 1 is 0.784 bits per heavy atom. The lowest BCUT2D eigenvalue weighted by molar-refractivity contribution is -0.146. The van der Waals surface area contributed by atoms with Gasteiger partial charge in [0.15, 0.2) is 0 Å². The van der Waals surface area contributed by atoms with Crippen LogP contribution in [0.15, 0.2) is 110 Å². The Bertz CT molecular complexity index is 1280. The summed E-state index contributed by atoms with van der Waals surface area (Å²) in [6.07, 6.45) is 5.05. The van der Waals surface area contributed by atoms with Crippen LogP contribution in [0.5, 0.6) is 0 Å². The number of nitrogens with zero attached hydrogens (tertiary/aromatic N) is 2. The molecule has 8 heteroatoms. The van der Waals surface area contributed by atoms with Crippen molar-refractivity contribution in [2.75, 3.05) is 6.61 Å². The minimum Gasteiger partial charge on any atom is -0.462 e. The van der Waals surface area contributed by atoms with Crippen molar-refractivity contribution in [3.8, 4) is 0 Å². The van der Waals surface area contributed by atoms with Crippen molar-refractivity contribution in [3.63, 3.8) is 0 Å². The molecule has 0 unspecified atom stereocenters. The van der Waals surface area contributed by atoms with Gasteiger partial charge < -0.3 is 15.4 Å². The SMILES string of the molecule is O=C(N[C@H](COC(=O)[C@@H](Cc1ccccc1)NC(=O)n1ccnc1)Cc1ccccc1)c1ccccc1. The van der Waals surface area contributed by atoms with Crippen LogP contribution in [0, 0.1) is 0 Å². The van der Waals surface area contributed by atoms with Crippen molar-refractivity contribution in [1.29, 1.82) is 0 Å². The van der Waals surface area contributed by atoms with Crippen LogP contribution in [0.1, 0.15) is 21.5 Å². The Hall–Kier alpha value is -4.72. The molecule has 0 aliphatic rings. The highest BCUT2D eigenvalue weighted by Crippen LogP contribution is 2.09. The van der Waals surface area contributed by atoms with Crippen LogP contribution in [0.25, 0.3) is 0 Å². The summed E-state index contributed by atoms with van der Waals surface area (Å²) in [4.78, 5) is 42.5. The molecule has 2 amide bonds. The topological polar surface area (TPSA) is 102 Å². The van der Waals surface area contributed by atoms with E-state index in [4.69, 9.17) is 4.74 Å². The van der Waals surface area contributed by atoms with Gasteiger partial charge in [-0.3, -0.25) is 9.36 Å². The third kappa shape index (κ3) is 7.63. The van der Waals surface area contributed by atoms with Gasteiger partial charge in [-0.1, -0.05) is 78.9 Å². The summed E-state index contributed by atoms with van der Waals surface area (Å²) in [6.45, 7) is -0.0570. The van der Waals surface area contributed by atoms with Gasteiger partial charge in [0.2, 0.25) is 0 Å². The van der Waals surface area contributed by atoms with Crippen molar-refractivity contribution >= 4 is 17.9 Å². The van der Waals surface area contributed by atoms with Crippen LogP contribution < -0.4 is 10.6 Å². The summed E-state index contributed by atoms with van der Waals surface area (Å²) in [6, 6.07) is 26.0. The standard InChI is InChI=1S/C29H28N4O4/c34-27(24-14-8-3-9-15-24)31-25(18-22-10-4-1-5-11-22)20-37-28(35)26(19-23-12-6-2-7-13-23)32-29(36)33-17-16-30-21-33/h1-17,21,25-26H,18-20H2,(H,31,34)(H,32,36)/t25-,26+/m0/s1. The van der Waals surface area contributed by atoms with Crippen molar-refractivity contribution in [2.24, 2.45) is 0 Å². The number of imidazole rings is 1. The molecule has 3 aromatic carbocycles. The van der Waals surface area contributed by atoms with Crippen molar-refractivity contribution in [1.82, 2.24) is 20.2 Å². The first-order chi connectivity index (χ1) is 18.1. The van der Waals surface area contributed by atoms with E-state index in [1.165, 1.54) is 23.3 Å². The van der Waals surface area contributed by atoms with E-state index in [1.807, 2.05) is 66.7 Å². The van der Waals surface area contributed by atoms with E-state index in [-0.39, 0.29) is 18.9 Å². The lowest BCUT2D eigenvalue weighted by atomic mass is 10.1. The monoisotopic (exact) mass is 496 g/mol. The Kier molecular flexibility index (Phi) is 8.80. The average Bonchev–Trinajstić information content (AvgIpc) is 3.48. The van der Waals surface area contributed by atoms with E-state index in [9.17, 15) is 14.4 Å². The predicted molar refractivity (Wildman–Crippen MR) is 139 cm³/mol. The highest BCUT2D eigenvalue weighted by molar-refractivity contribution is 5.94. The maximum Gasteiger partial charge on any atom is 0.329 e. The number of carbonyl (C=O) groups is 3. The molecule has 1 heterocycles. The second-order valence-corrected chi connectivity index (χ2v) is 8.52. The summed E-state index contributed by atoms with van der Waals surface area (Å²) >= 11 is 0. The van der Waals surface area contributed by atoms with Crippen LogP contribution in [0.3, 0.4) is 0 Å². The molecule has 2 N–H and O–H groups in total. The van der Waals surface area contributed by atoms with E-state index < -0.39 is 24.1 Å². The third-order valence-electron chi connectivity index (χ3n) is 5.73. The van der Waals surface area contributed by atoms with Gasteiger partial charge in [0.1, 0.15) is 19.0 Å². The smallest absolute Gasteiger partial charge is 0.329 e. The molecule has 2 atom stereocenters. The van der Waals surface area contributed by atoms with E-state index in [0.29, 0.717) is 12.0 Å². The molecule has 37 heavy (non-hydrogen) atoms. The molecule has 0 aliphatic carbocycles. The fraction of sp³-hybridized carbons (Fsp3) is 0.172. The van der Waals surface area contributed by atoms with Crippen LogP contribution in [-0.4, -0.2) is 46.1 Å². The molecule has 1 aromatic heterocycles. The summed E-state index contributed by atoms with van der Waals surface area (Å²) in [7, 11) is 0. The number of carbonyl (C=O) groups excluding carboxylic acids is 3. The zero-order valence-electron chi connectivity index (χ0n) is 20.2. The average molecular weight is 497 g/mol. The zero-order valence-corrected chi connectivity index (χ0v) is 20.2. The first-order valence-corrected chi connectivity index (χ1v) is 12.0. The molecule has 4 rings (SSSR count). The van der Waals surface area contributed by atoms with Gasteiger partial charge in [-0.25, -0.2) is 14.6 Å². The van der Waals surface area contributed by atoms with Crippen LogP contribution in [0.2, 0.25) is 0 Å². The lowest BCUT2D eigenvalue weighted by Gasteiger charge is -2.22. The number of hydrogen-bond acceptors (Lipinski definition) is 5. The molecule has 4 aromatic rings. The number of hydrogen-bond donors (Lipinski definition) is 2. The minimum absolute atomic E-state index is 0.0570. The van der Waals surface area contributed by atoms with Crippen LogP contribution in [-0.2, 0) is 22.4 Å². The van der Waals surface area contributed by atoms with E-state index in [1.54, 1.807) is 24.3 Å². The van der Waals surface area contributed by atoms with Gasteiger partial charge in [0, 0.05) is 24.4 Å². The largest absolute Gasteiger partial charge is 0.462 e. The summed E-state index contributed by atoms with van der Waals surface area (Å²) in [5.41, 5.74) is 2.38. The Labute approximate surface area is 215 Å². The lowest BCUT2D eigenvalue weighted by Crippen LogP contribution is -2.47. The molecule has 0 saturated heterocycles. The summed E-state index contributed by atoms with van der Waals surface area (Å²) in [5.74, 6) is -0.851. The number of esters is 1. The Morgan fingerprint density at radius 2 is 1.38 bits per heavy atom. The van der Waals surface area contributed by atoms with Gasteiger partial charge in [0.25, 0.3) is 5.91 Å². The maximum absolute atomic E-state index is 13.2. The molecule has 8 nitrogen and oxygen atoms in total. The quantitative estimate of drug-likeness (QED) is 0.327. The highest BCUT2D eigenvalue weighted by Gasteiger charge is 2.25. The van der Waals surface area contributed by atoms with Gasteiger partial charge in [0.05, 0.1) is 6.04 Å². The van der Waals surface area contributed by atoms with Crippen molar-refractivity contribution in [3.05, 3.63) is 126 Å². The molecule has 0 aliphatic heterocycles. The third-order valence-corrected chi connectivity index (χ3v) is 5.73. The summed E-state index contributed by atoms with van der Waals surface area (Å²) in [5, 5.41) is 5.70. The van der Waals surface area contributed by atoms with Crippen LogP contribution >= 0.6 is 0 Å². The zero-order chi connectivity index (χ0) is 25.9. The van der Waals surface area contributed by atoms with E-state index in [2.05, 4.69) is 15.6 Å². The molecule has 0 fully saturated rings. The van der Waals surface area contributed by atoms with Crippen LogP contribution in [0.4, 0.5) is 4.79 Å². The van der Waals surface area contributed by atoms with E-state index >= 15 is 0 Å². The predicted octanol–water partition coefficient (Wildman–Crippen LogP) is 3.64. The molecule has 0 spiro atoms. The van der Waals surface area contributed by atoms with Gasteiger partial charge in [-0.05, 0) is 29.7 Å². The summed E-state index contributed by atoms with van der Waals surface area (Å²) < 4.78 is 6.93. The Morgan fingerprint density at radius 3 is 1.97 bits per heavy atom. The highest BCUT2D eigenvalue weighted by atomic mass is 16.5. The minimum atomic E-state index is -0.931. The van der Waals surface area contributed by atoms with Gasteiger partial charge in [-0.2, -0.15) is 0 Å². The molecule has 0 radical (unpaired) electrons. The van der Waals surface area contributed by atoms with Gasteiger partial charge in [-0.15, -0.1) is 0 Å². The first kappa shape index (κ1) is 25.4. The normalized spacial score (nSPS) is 12.2. The number of nitrogens with one attached hydrogen (secondary N) is 2. The number of amides is 2. The molecular weight excluding hydrogens is 468 g/mol. The fourth-order valence-electron chi connectivity index (χ4n) is 3.84. The number of rotatable bonds is 10. The first-order valence-electron chi connectivity index (χ1n) is 12.0. The van der Waals surface area contributed by atoms with Gasteiger partial charge >= 0.3 is 12.0 Å². The number of aromatic nitrogens is 2. The second kappa shape index (κ2) is 12.8. The fourth-order valence-corrected chi connectivity index (χ4v) is 3.84. The maximum atomic E-state index is 13.2. The Balaban J connectivity index is 1.46. The molecular formula is C29H28N4O4. The molecule has 0 bridgehead atoms. The number of benzene rings is 3. The van der Waals surface area contributed by atoms with Crippen molar-refractivity contribution in [2.45, 2.75) is 24.9 Å². The molecule has 0 saturated carbocycles.